The van der Waals surface area contributed by atoms with Crippen molar-refractivity contribution in [3.63, 3.8) is 0 Å². The lowest BCUT2D eigenvalue weighted by atomic mass is 9.89. The SMILES string of the molecule is CCCC(CC(=O)CC)c1ccc(F)cc1. The van der Waals surface area contributed by atoms with Crippen molar-refractivity contribution in [1.82, 2.24) is 0 Å². The molecule has 1 aromatic rings. The van der Waals surface area contributed by atoms with Gasteiger partial charge in [0.1, 0.15) is 11.6 Å². The molecule has 0 heterocycles. The van der Waals surface area contributed by atoms with Crippen molar-refractivity contribution in [3.05, 3.63) is 35.6 Å². The maximum absolute atomic E-state index is 12.8. The molecule has 0 spiro atoms. The number of hydrogen-bond acceptors (Lipinski definition) is 1. The Bertz CT molecular complexity index is 329. The zero-order chi connectivity index (χ0) is 12.0. The van der Waals surface area contributed by atoms with Gasteiger partial charge in [0.15, 0.2) is 0 Å². The summed E-state index contributed by atoms with van der Waals surface area (Å²) in [6, 6.07) is 6.51. The van der Waals surface area contributed by atoms with Gasteiger partial charge in [0, 0.05) is 12.8 Å². The zero-order valence-corrected chi connectivity index (χ0v) is 10.0. The van der Waals surface area contributed by atoms with Crippen LogP contribution in [0.5, 0.6) is 0 Å². The van der Waals surface area contributed by atoms with Crippen LogP contribution >= 0.6 is 0 Å². The molecule has 0 fully saturated rings. The van der Waals surface area contributed by atoms with Crippen LogP contribution in [-0.4, -0.2) is 5.78 Å². The Morgan fingerprint density at radius 2 is 1.88 bits per heavy atom. The first kappa shape index (κ1) is 12.9. The Hall–Kier alpha value is -1.18. The molecular weight excluding hydrogens is 203 g/mol. The number of carbonyl (C=O) groups is 1. The van der Waals surface area contributed by atoms with Crippen molar-refractivity contribution in [3.8, 4) is 0 Å². The van der Waals surface area contributed by atoms with E-state index in [1.165, 1.54) is 12.1 Å². The van der Waals surface area contributed by atoms with E-state index in [0.29, 0.717) is 12.8 Å². The van der Waals surface area contributed by atoms with Gasteiger partial charge in [-0.25, -0.2) is 4.39 Å². The third-order valence-corrected chi connectivity index (χ3v) is 2.85. The van der Waals surface area contributed by atoms with E-state index in [1.54, 1.807) is 12.1 Å². The fraction of sp³-hybridized carbons (Fsp3) is 0.500. The number of carbonyl (C=O) groups excluding carboxylic acids is 1. The number of hydrogen-bond donors (Lipinski definition) is 0. The summed E-state index contributed by atoms with van der Waals surface area (Å²) in [6.07, 6.45) is 3.19. The Balaban J connectivity index is 2.76. The van der Waals surface area contributed by atoms with Gasteiger partial charge in [-0.05, 0) is 30.0 Å². The third kappa shape index (κ3) is 3.76. The van der Waals surface area contributed by atoms with Gasteiger partial charge in [-0.1, -0.05) is 32.4 Å². The lowest BCUT2D eigenvalue weighted by Gasteiger charge is -2.15. The highest BCUT2D eigenvalue weighted by Crippen LogP contribution is 2.25. The number of ketones is 1. The normalized spacial score (nSPS) is 12.4. The summed E-state index contributed by atoms with van der Waals surface area (Å²) >= 11 is 0. The van der Waals surface area contributed by atoms with Gasteiger partial charge < -0.3 is 0 Å². The summed E-state index contributed by atoms with van der Waals surface area (Å²) in [5, 5.41) is 0. The molecule has 0 aromatic heterocycles. The molecule has 0 saturated heterocycles. The standard InChI is InChI=1S/C14H19FO/c1-3-5-12(10-14(16)4-2)11-6-8-13(15)9-7-11/h6-9,12H,3-5,10H2,1-2H3. The molecule has 1 aromatic carbocycles. The number of halogens is 1. The molecule has 16 heavy (non-hydrogen) atoms. The van der Waals surface area contributed by atoms with Gasteiger partial charge in [-0.3, -0.25) is 4.79 Å². The predicted molar refractivity (Wildman–Crippen MR) is 64.0 cm³/mol. The molecule has 0 aliphatic rings. The Morgan fingerprint density at radius 1 is 1.25 bits per heavy atom. The van der Waals surface area contributed by atoms with Crippen LogP contribution in [0.2, 0.25) is 0 Å². The fourth-order valence-electron chi connectivity index (χ4n) is 1.89. The molecule has 0 radical (unpaired) electrons. The van der Waals surface area contributed by atoms with E-state index in [1.807, 2.05) is 6.92 Å². The minimum atomic E-state index is -0.221. The molecule has 0 amide bonds. The highest BCUT2D eigenvalue weighted by molar-refractivity contribution is 5.78. The van der Waals surface area contributed by atoms with Crippen molar-refractivity contribution in [2.45, 2.75) is 45.4 Å². The lowest BCUT2D eigenvalue weighted by molar-refractivity contribution is -0.119. The predicted octanol–water partition coefficient (Wildman–Crippen LogP) is 4.08. The van der Waals surface area contributed by atoms with E-state index in [4.69, 9.17) is 0 Å². The van der Waals surface area contributed by atoms with E-state index in [-0.39, 0.29) is 17.5 Å². The highest BCUT2D eigenvalue weighted by atomic mass is 19.1. The lowest BCUT2D eigenvalue weighted by Crippen LogP contribution is -2.06. The molecule has 0 N–H and O–H groups in total. The molecule has 2 heteroatoms. The largest absolute Gasteiger partial charge is 0.300 e. The second kappa shape index (κ2) is 6.41. The van der Waals surface area contributed by atoms with Crippen molar-refractivity contribution < 1.29 is 9.18 Å². The van der Waals surface area contributed by atoms with Crippen LogP contribution in [0.3, 0.4) is 0 Å². The van der Waals surface area contributed by atoms with Crippen LogP contribution < -0.4 is 0 Å². The first-order valence-corrected chi connectivity index (χ1v) is 5.94. The summed E-state index contributed by atoms with van der Waals surface area (Å²) in [5.41, 5.74) is 1.07. The molecule has 1 nitrogen and oxygen atoms in total. The molecule has 0 bridgehead atoms. The monoisotopic (exact) mass is 222 g/mol. The van der Waals surface area contributed by atoms with E-state index in [2.05, 4.69) is 6.92 Å². The van der Waals surface area contributed by atoms with Gasteiger partial charge in [0.05, 0.1) is 0 Å². The second-order valence-corrected chi connectivity index (χ2v) is 4.13. The molecule has 88 valence electrons. The maximum atomic E-state index is 12.8. The molecule has 0 aliphatic heterocycles. The average molecular weight is 222 g/mol. The van der Waals surface area contributed by atoms with E-state index in [9.17, 15) is 9.18 Å². The molecule has 0 saturated carbocycles. The molecule has 0 aliphatic carbocycles. The van der Waals surface area contributed by atoms with Crippen LogP contribution in [0, 0.1) is 5.82 Å². The summed E-state index contributed by atoms with van der Waals surface area (Å²) < 4.78 is 12.8. The van der Waals surface area contributed by atoms with Crippen molar-refractivity contribution in [2.24, 2.45) is 0 Å². The van der Waals surface area contributed by atoms with E-state index in [0.717, 1.165) is 18.4 Å². The fourth-order valence-corrected chi connectivity index (χ4v) is 1.89. The summed E-state index contributed by atoms with van der Waals surface area (Å²) in [6.45, 7) is 3.99. The van der Waals surface area contributed by atoms with Gasteiger partial charge in [-0.2, -0.15) is 0 Å². The minimum absolute atomic E-state index is 0.221. The number of rotatable bonds is 6. The van der Waals surface area contributed by atoms with Crippen LogP contribution in [0.4, 0.5) is 4.39 Å². The first-order valence-electron chi connectivity index (χ1n) is 5.94. The van der Waals surface area contributed by atoms with Crippen LogP contribution in [-0.2, 0) is 4.79 Å². The summed E-state index contributed by atoms with van der Waals surface area (Å²) in [5.74, 6) is 0.307. The Kier molecular flexibility index (Phi) is 5.17. The van der Waals surface area contributed by atoms with E-state index >= 15 is 0 Å². The maximum Gasteiger partial charge on any atom is 0.133 e. The molecule has 1 unspecified atom stereocenters. The first-order chi connectivity index (χ1) is 7.67. The minimum Gasteiger partial charge on any atom is -0.300 e. The number of benzene rings is 1. The van der Waals surface area contributed by atoms with Crippen LogP contribution in [0.15, 0.2) is 24.3 Å². The van der Waals surface area contributed by atoms with Gasteiger partial charge in [0.2, 0.25) is 0 Å². The molecule has 1 atom stereocenters. The smallest absolute Gasteiger partial charge is 0.133 e. The third-order valence-electron chi connectivity index (χ3n) is 2.85. The van der Waals surface area contributed by atoms with Gasteiger partial charge >= 0.3 is 0 Å². The Labute approximate surface area is 96.7 Å². The van der Waals surface area contributed by atoms with Crippen molar-refractivity contribution >= 4 is 5.78 Å². The molecular formula is C14H19FO. The zero-order valence-electron chi connectivity index (χ0n) is 10.0. The summed E-state index contributed by atoms with van der Waals surface area (Å²) in [4.78, 5) is 11.5. The average Bonchev–Trinajstić information content (AvgIpc) is 2.29. The topological polar surface area (TPSA) is 17.1 Å². The van der Waals surface area contributed by atoms with E-state index < -0.39 is 0 Å². The van der Waals surface area contributed by atoms with Gasteiger partial charge in [-0.15, -0.1) is 0 Å². The van der Waals surface area contributed by atoms with Crippen molar-refractivity contribution in [1.29, 1.82) is 0 Å². The van der Waals surface area contributed by atoms with Crippen LogP contribution in [0.1, 0.15) is 51.0 Å². The molecule has 1 rings (SSSR count). The highest BCUT2D eigenvalue weighted by Gasteiger charge is 2.14. The second-order valence-electron chi connectivity index (χ2n) is 4.13. The quantitative estimate of drug-likeness (QED) is 0.708. The van der Waals surface area contributed by atoms with Gasteiger partial charge in [0.25, 0.3) is 0 Å². The Morgan fingerprint density at radius 3 is 2.38 bits per heavy atom. The number of Topliss-reactive ketones (excluding diaryl/α,β-unsaturated/α-hetero) is 1. The summed E-state index contributed by atoms with van der Waals surface area (Å²) in [7, 11) is 0. The van der Waals surface area contributed by atoms with Crippen LogP contribution in [0.25, 0.3) is 0 Å². The van der Waals surface area contributed by atoms with Crippen molar-refractivity contribution in [2.75, 3.05) is 0 Å².